The Labute approximate surface area is 120 Å². The van der Waals surface area contributed by atoms with Crippen molar-refractivity contribution in [2.24, 2.45) is 0 Å². The zero-order chi connectivity index (χ0) is 14.2. The maximum atomic E-state index is 11.7. The summed E-state index contributed by atoms with van der Waals surface area (Å²) in [5.74, 6) is -0.997. The summed E-state index contributed by atoms with van der Waals surface area (Å²) in [4.78, 5) is 25.7. The van der Waals surface area contributed by atoms with E-state index >= 15 is 0 Å². The fourth-order valence-corrected chi connectivity index (χ4v) is 2.73. The Balaban J connectivity index is 1.59. The molecule has 0 atom stereocenters. The van der Waals surface area contributed by atoms with Crippen molar-refractivity contribution in [3.05, 3.63) is 0 Å². The molecule has 1 saturated carbocycles. The van der Waals surface area contributed by atoms with E-state index in [1.165, 1.54) is 6.42 Å². The van der Waals surface area contributed by atoms with E-state index in [2.05, 4.69) is 15.5 Å². The van der Waals surface area contributed by atoms with Crippen LogP contribution >= 0.6 is 0 Å². The van der Waals surface area contributed by atoms with Crippen molar-refractivity contribution in [3.63, 3.8) is 0 Å². The SMILES string of the molecule is O=C(NCCN1CCOCC1)C(=O)NC1CCCCC1. The van der Waals surface area contributed by atoms with Gasteiger partial charge in [0.25, 0.3) is 0 Å². The van der Waals surface area contributed by atoms with Crippen LogP contribution in [0.25, 0.3) is 0 Å². The van der Waals surface area contributed by atoms with Crippen LogP contribution in [0.4, 0.5) is 0 Å². The Morgan fingerprint density at radius 2 is 1.75 bits per heavy atom. The third kappa shape index (κ3) is 5.09. The molecule has 6 nitrogen and oxygen atoms in total. The van der Waals surface area contributed by atoms with Gasteiger partial charge in [0.15, 0.2) is 0 Å². The third-order valence-corrected chi connectivity index (χ3v) is 3.96. The van der Waals surface area contributed by atoms with Gasteiger partial charge in [0.2, 0.25) is 0 Å². The summed E-state index contributed by atoms with van der Waals surface area (Å²) in [6.07, 6.45) is 5.50. The van der Waals surface area contributed by atoms with Gasteiger partial charge < -0.3 is 15.4 Å². The van der Waals surface area contributed by atoms with Crippen LogP contribution in [0.3, 0.4) is 0 Å². The van der Waals surface area contributed by atoms with E-state index in [9.17, 15) is 9.59 Å². The Morgan fingerprint density at radius 3 is 2.45 bits per heavy atom. The number of carbonyl (C=O) groups is 2. The molecule has 2 aliphatic rings. The molecular formula is C14H25N3O3. The molecule has 0 aromatic heterocycles. The summed E-state index contributed by atoms with van der Waals surface area (Å²) < 4.78 is 5.26. The average molecular weight is 283 g/mol. The summed E-state index contributed by atoms with van der Waals surface area (Å²) >= 11 is 0. The molecule has 0 aromatic rings. The molecule has 0 unspecified atom stereocenters. The molecule has 1 heterocycles. The number of hydrogen-bond donors (Lipinski definition) is 2. The van der Waals surface area contributed by atoms with Crippen LogP contribution in [0.15, 0.2) is 0 Å². The van der Waals surface area contributed by atoms with Gasteiger partial charge in [-0.15, -0.1) is 0 Å². The first-order valence-electron chi connectivity index (χ1n) is 7.64. The number of rotatable bonds is 4. The quantitative estimate of drug-likeness (QED) is 0.706. The highest BCUT2D eigenvalue weighted by Crippen LogP contribution is 2.17. The van der Waals surface area contributed by atoms with Crippen LogP contribution in [-0.4, -0.2) is 62.1 Å². The average Bonchev–Trinajstić information content (AvgIpc) is 2.49. The van der Waals surface area contributed by atoms with E-state index in [0.29, 0.717) is 6.54 Å². The second kappa shape index (κ2) is 8.21. The summed E-state index contributed by atoms with van der Waals surface area (Å²) in [5.41, 5.74) is 0. The second-order valence-corrected chi connectivity index (χ2v) is 5.52. The molecule has 1 saturated heterocycles. The van der Waals surface area contributed by atoms with Gasteiger partial charge in [-0.3, -0.25) is 14.5 Å². The largest absolute Gasteiger partial charge is 0.379 e. The van der Waals surface area contributed by atoms with Gasteiger partial charge in [-0.1, -0.05) is 19.3 Å². The molecule has 20 heavy (non-hydrogen) atoms. The standard InChI is InChI=1S/C14H25N3O3/c18-13(14(19)16-12-4-2-1-3-5-12)15-6-7-17-8-10-20-11-9-17/h12H,1-11H2,(H,15,18)(H,16,19). The molecule has 114 valence electrons. The fourth-order valence-electron chi connectivity index (χ4n) is 2.73. The van der Waals surface area contributed by atoms with Crippen molar-refractivity contribution in [1.29, 1.82) is 0 Å². The molecule has 0 radical (unpaired) electrons. The van der Waals surface area contributed by atoms with E-state index in [0.717, 1.165) is 58.5 Å². The molecule has 2 amide bonds. The molecule has 2 fully saturated rings. The number of nitrogens with one attached hydrogen (secondary N) is 2. The van der Waals surface area contributed by atoms with Crippen LogP contribution in [0, 0.1) is 0 Å². The first kappa shape index (κ1) is 15.3. The van der Waals surface area contributed by atoms with E-state index in [-0.39, 0.29) is 6.04 Å². The van der Waals surface area contributed by atoms with Gasteiger partial charge >= 0.3 is 11.8 Å². The number of carbonyl (C=O) groups excluding carboxylic acids is 2. The number of morpholine rings is 1. The van der Waals surface area contributed by atoms with Gasteiger partial charge in [0.1, 0.15) is 0 Å². The monoisotopic (exact) mass is 283 g/mol. The topological polar surface area (TPSA) is 70.7 Å². The van der Waals surface area contributed by atoms with Gasteiger partial charge in [0.05, 0.1) is 13.2 Å². The van der Waals surface area contributed by atoms with Crippen LogP contribution in [0.2, 0.25) is 0 Å². The van der Waals surface area contributed by atoms with Crippen molar-refractivity contribution >= 4 is 11.8 Å². The lowest BCUT2D eigenvalue weighted by Crippen LogP contribution is -2.47. The van der Waals surface area contributed by atoms with Crippen molar-refractivity contribution in [2.75, 3.05) is 39.4 Å². The van der Waals surface area contributed by atoms with Crippen LogP contribution in [0.1, 0.15) is 32.1 Å². The molecule has 0 spiro atoms. The molecule has 2 rings (SSSR count). The first-order valence-corrected chi connectivity index (χ1v) is 7.64. The lowest BCUT2D eigenvalue weighted by molar-refractivity contribution is -0.139. The molecule has 1 aliphatic heterocycles. The molecule has 6 heteroatoms. The molecule has 1 aliphatic carbocycles. The normalized spacial score (nSPS) is 21.4. The number of amides is 2. The molecule has 0 aromatic carbocycles. The maximum absolute atomic E-state index is 11.7. The van der Waals surface area contributed by atoms with E-state index < -0.39 is 11.8 Å². The number of ether oxygens (including phenoxy) is 1. The maximum Gasteiger partial charge on any atom is 0.309 e. The molecular weight excluding hydrogens is 258 g/mol. The summed E-state index contributed by atoms with van der Waals surface area (Å²) in [6, 6.07) is 0.182. The second-order valence-electron chi connectivity index (χ2n) is 5.52. The van der Waals surface area contributed by atoms with Gasteiger partial charge in [-0.25, -0.2) is 0 Å². The summed E-state index contributed by atoms with van der Waals surface area (Å²) in [6.45, 7) is 4.56. The third-order valence-electron chi connectivity index (χ3n) is 3.96. The lowest BCUT2D eigenvalue weighted by atomic mass is 9.95. The fraction of sp³-hybridized carbons (Fsp3) is 0.857. The minimum atomic E-state index is -0.510. The Hall–Kier alpha value is -1.14. The molecule has 2 N–H and O–H groups in total. The Morgan fingerprint density at radius 1 is 1.05 bits per heavy atom. The van der Waals surface area contributed by atoms with Crippen LogP contribution < -0.4 is 10.6 Å². The molecule has 0 bridgehead atoms. The minimum absolute atomic E-state index is 0.182. The van der Waals surface area contributed by atoms with E-state index in [4.69, 9.17) is 4.74 Å². The van der Waals surface area contributed by atoms with Gasteiger partial charge in [0, 0.05) is 32.2 Å². The zero-order valence-electron chi connectivity index (χ0n) is 12.0. The highest BCUT2D eigenvalue weighted by atomic mass is 16.5. The van der Waals surface area contributed by atoms with E-state index in [1.54, 1.807) is 0 Å². The highest BCUT2D eigenvalue weighted by Gasteiger charge is 2.20. The zero-order valence-corrected chi connectivity index (χ0v) is 12.0. The van der Waals surface area contributed by atoms with Crippen LogP contribution in [0.5, 0.6) is 0 Å². The highest BCUT2D eigenvalue weighted by molar-refractivity contribution is 6.35. The first-order chi connectivity index (χ1) is 9.75. The van der Waals surface area contributed by atoms with Crippen LogP contribution in [-0.2, 0) is 14.3 Å². The van der Waals surface area contributed by atoms with Crippen molar-refractivity contribution in [3.8, 4) is 0 Å². The number of hydrogen-bond acceptors (Lipinski definition) is 4. The minimum Gasteiger partial charge on any atom is -0.379 e. The Bertz CT molecular complexity index is 324. The predicted molar refractivity (Wildman–Crippen MR) is 75.3 cm³/mol. The summed E-state index contributed by atoms with van der Waals surface area (Å²) in [7, 11) is 0. The lowest BCUT2D eigenvalue weighted by Gasteiger charge is -2.26. The smallest absolute Gasteiger partial charge is 0.309 e. The van der Waals surface area contributed by atoms with E-state index in [1.807, 2.05) is 0 Å². The van der Waals surface area contributed by atoms with Crippen molar-refractivity contribution in [1.82, 2.24) is 15.5 Å². The summed E-state index contributed by atoms with van der Waals surface area (Å²) in [5, 5.41) is 5.51. The predicted octanol–water partition coefficient (Wildman–Crippen LogP) is -0.116. The van der Waals surface area contributed by atoms with Gasteiger partial charge in [-0.2, -0.15) is 0 Å². The Kier molecular flexibility index (Phi) is 6.26. The number of nitrogens with zero attached hydrogens (tertiary/aromatic N) is 1. The van der Waals surface area contributed by atoms with Crippen molar-refractivity contribution in [2.45, 2.75) is 38.1 Å². The van der Waals surface area contributed by atoms with Crippen molar-refractivity contribution < 1.29 is 14.3 Å². The van der Waals surface area contributed by atoms with Gasteiger partial charge in [-0.05, 0) is 12.8 Å².